The first-order valence-electron chi connectivity index (χ1n) is 5.66. The van der Waals surface area contributed by atoms with Gasteiger partial charge in [0.25, 0.3) is 9.05 Å². The van der Waals surface area contributed by atoms with Gasteiger partial charge in [-0.25, -0.2) is 13.2 Å². The summed E-state index contributed by atoms with van der Waals surface area (Å²) in [5.74, 6) is 0. The Hall–Kier alpha value is -1.31. The molecule has 19 heavy (non-hydrogen) atoms. The molecule has 1 fully saturated rings. The number of rotatable bonds is 2. The van der Waals surface area contributed by atoms with Crippen LogP contribution >= 0.6 is 10.7 Å². The maximum absolute atomic E-state index is 12.0. The quantitative estimate of drug-likeness (QED) is 0.840. The third-order valence-electron chi connectivity index (χ3n) is 2.69. The Kier molecular flexibility index (Phi) is 4.28. The van der Waals surface area contributed by atoms with E-state index in [0.29, 0.717) is 26.3 Å². The summed E-state index contributed by atoms with van der Waals surface area (Å²) in [6, 6.07) is 5.64. The number of hydrogen-bond donors (Lipinski definition) is 1. The van der Waals surface area contributed by atoms with Gasteiger partial charge in [0.1, 0.15) is 4.90 Å². The van der Waals surface area contributed by atoms with Crippen molar-refractivity contribution in [3.8, 4) is 0 Å². The molecule has 0 saturated carbocycles. The third-order valence-corrected chi connectivity index (χ3v) is 4.07. The maximum Gasteiger partial charge on any atom is 0.322 e. The van der Waals surface area contributed by atoms with Crippen LogP contribution < -0.4 is 5.32 Å². The van der Waals surface area contributed by atoms with Crippen LogP contribution in [0.15, 0.2) is 29.2 Å². The van der Waals surface area contributed by atoms with E-state index in [-0.39, 0.29) is 16.6 Å². The zero-order valence-corrected chi connectivity index (χ0v) is 11.6. The minimum Gasteiger partial charge on any atom is -0.378 e. The molecule has 1 aromatic carbocycles. The number of nitrogens with zero attached hydrogens (tertiary/aromatic N) is 1. The van der Waals surface area contributed by atoms with Crippen LogP contribution in [0.25, 0.3) is 0 Å². The molecule has 0 radical (unpaired) electrons. The number of para-hydroxylation sites is 1. The minimum absolute atomic E-state index is 0.113. The van der Waals surface area contributed by atoms with Crippen LogP contribution in [-0.2, 0) is 13.8 Å². The number of nitrogens with one attached hydrogen (secondary N) is 1. The van der Waals surface area contributed by atoms with Gasteiger partial charge in [-0.05, 0) is 12.1 Å². The molecule has 0 spiro atoms. The molecule has 6 nitrogen and oxygen atoms in total. The van der Waals surface area contributed by atoms with Crippen LogP contribution in [0.4, 0.5) is 10.5 Å². The smallest absolute Gasteiger partial charge is 0.322 e. The van der Waals surface area contributed by atoms with Gasteiger partial charge in [0, 0.05) is 23.8 Å². The summed E-state index contributed by atoms with van der Waals surface area (Å²) in [7, 11) is 1.42. The van der Waals surface area contributed by atoms with Gasteiger partial charge in [0.2, 0.25) is 0 Å². The summed E-state index contributed by atoms with van der Waals surface area (Å²) >= 11 is 0. The second kappa shape index (κ2) is 5.77. The molecule has 104 valence electrons. The first-order chi connectivity index (χ1) is 8.98. The summed E-state index contributed by atoms with van der Waals surface area (Å²) in [5.41, 5.74) is 0.175. The van der Waals surface area contributed by atoms with Gasteiger partial charge in [0.15, 0.2) is 0 Å². The molecular weight excluding hydrogens is 292 g/mol. The molecule has 1 aliphatic heterocycles. The predicted molar refractivity (Wildman–Crippen MR) is 70.9 cm³/mol. The fourth-order valence-electron chi connectivity index (χ4n) is 1.74. The molecule has 1 aliphatic rings. The number of benzene rings is 1. The maximum atomic E-state index is 12.0. The second-order valence-corrected chi connectivity index (χ2v) is 6.50. The van der Waals surface area contributed by atoms with Crippen molar-refractivity contribution in [3.05, 3.63) is 24.3 Å². The number of halogens is 1. The Bertz CT molecular complexity index is 570. The lowest BCUT2D eigenvalue weighted by Crippen LogP contribution is -2.43. The Morgan fingerprint density at radius 1 is 1.26 bits per heavy atom. The van der Waals surface area contributed by atoms with Crippen molar-refractivity contribution in [1.29, 1.82) is 0 Å². The highest BCUT2D eigenvalue weighted by molar-refractivity contribution is 8.13. The van der Waals surface area contributed by atoms with Crippen molar-refractivity contribution in [2.24, 2.45) is 0 Å². The highest BCUT2D eigenvalue weighted by Gasteiger charge is 2.20. The molecule has 8 heteroatoms. The summed E-state index contributed by atoms with van der Waals surface area (Å²) in [5, 5.41) is 2.55. The lowest BCUT2D eigenvalue weighted by atomic mass is 10.3. The molecule has 2 rings (SSSR count). The van der Waals surface area contributed by atoms with Gasteiger partial charge >= 0.3 is 6.03 Å². The molecule has 0 aromatic heterocycles. The number of morpholine rings is 1. The van der Waals surface area contributed by atoms with Crippen LogP contribution in [0, 0.1) is 0 Å². The van der Waals surface area contributed by atoms with Crippen molar-refractivity contribution in [2.45, 2.75) is 4.90 Å². The van der Waals surface area contributed by atoms with Crippen molar-refractivity contribution >= 4 is 31.5 Å². The highest BCUT2D eigenvalue weighted by atomic mass is 35.7. The van der Waals surface area contributed by atoms with E-state index >= 15 is 0 Å². The van der Waals surface area contributed by atoms with E-state index < -0.39 is 9.05 Å². The molecule has 0 aliphatic carbocycles. The third kappa shape index (κ3) is 3.59. The largest absolute Gasteiger partial charge is 0.378 e. The Morgan fingerprint density at radius 2 is 1.89 bits per heavy atom. The van der Waals surface area contributed by atoms with Gasteiger partial charge < -0.3 is 15.0 Å². The van der Waals surface area contributed by atoms with E-state index in [4.69, 9.17) is 15.4 Å². The summed E-state index contributed by atoms with van der Waals surface area (Å²) in [6.45, 7) is 1.90. The van der Waals surface area contributed by atoms with Gasteiger partial charge in [-0.2, -0.15) is 0 Å². The number of carbonyl (C=O) groups is 1. The fraction of sp³-hybridized carbons (Fsp3) is 0.364. The lowest BCUT2D eigenvalue weighted by molar-refractivity contribution is 0.0564. The Labute approximate surface area is 115 Å². The first kappa shape index (κ1) is 14.1. The van der Waals surface area contributed by atoms with Crippen molar-refractivity contribution in [3.63, 3.8) is 0 Å². The monoisotopic (exact) mass is 304 g/mol. The molecule has 1 heterocycles. The van der Waals surface area contributed by atoms with Crippen molar-refractivity contribution in [2.75, 3.05) is 31.6 Å². The summed E-state index contributed by atoms with van der Waals surface area (Å²) in [4.78, 5) is 13.4. The van der Waals surface area contributed by atoms with E-state index in [0.717, 1.165) is 0 Å². The molecule has 1 aromatic rings. The van der Waals surface area contributed by atoms with E-state index in [2.05, 4.69) is 5.32 Å². The summed E-state index contributed by atoms with van der Waals surface area (Å²) in [6.07, 6.45) is 0. The van der Waals surface area contributed by atoms with Gasteiger partial charge in [-0.1, -0.05) is 12.1 Å². The molecular formula is C11H13ClN2O4S. The molecule has 1 N–H and O–H groups in total. The number of anilines is 1. The number of ether oxygens (including phenoxy) is 1. The van der Waals surface area contributed by atoms with Crippen LogP contribution in [0.1, 0.15) is 0 Å². The molecule has 1 saturated heterocycles. The van der Waals surface area contributed by atoms with Gasteiger partial charge in [0.05, 0.1) is 18.9 Å². The van der Waals surface area contributed by atoms with Crippen LogP contribution in [0.3, 0.4) is 0 Å². The number of amides is 2. The van der Waals surface area contributed by atoms with Crippen molar-refractivity contribution < 1.29 is 17.9 Å². The Balaban J connectivity index is 2.17. The molecule has 0 bridgehead atoms. The van der Waals surface area contributed by atoms with E-state index in [9.17, 15) is 13.2 Å². The van der Waals surface area contributed by atoms with Gasteiger partial charge in [-0.3, -0.25) is 0 Å². The molecule has 2 amide bonds. The zero-order valence-electron chi connectivity index (χ0n) is 10.0. The lowest BCUT2D eigenvalue weighted by Gasteiger charge is -2.27. The Morgan fingerprint density at radius 3 is 2.53 bits per heavy atom. The first-order valence-corrected chi connectivity index (χ1v) is 7.97. The van der Waals surface area contributed by atoms with Crippen LogP contribution in [-0.4, -0.2) is 45.7 Å². The average Bonchev–Trinajstić information content (AvgIpc) is 2.39. The fourth-order valence-corrected chi connectivity index (χ4v) is 2.77. The standard InChI is InChI=1S/C11H13ClN2O4S/c12-19(16,17)10-4-2-1-3-9(10)13-11(15)14-5-7-18-8-6-14/h1-4H,5-8H2,(H,13,15). The van der Waals surface area contributed by atoms with Crippen LogP contribution in [0.5, 0.6) is 0 Å². The number of hydrogen-bond acceptors (Lipinski definition) is 4. The zero-order chi connectivity index (χ0) is 13.9. The van der Waals surface area contributed by atoms with E-state index in [1.54, 1.807) is 17.0 Å². The van der Waals surface area contributed by atoms with Crippen LogP contribution in [0.2, 0.25) is 0 Å². The summed E-state index contributed by atoms with van der Waals surface area (Å²) < 4.78 is 27.9. The molecule has 0 atom stereocenters. The molecule has 0 unspecified atom stereocenters. The average molecular weight is 305 g/mol. The van der Waals surface area contributed by atoms with Crippen molar-refractivity contribution in [1.82, 2.24) is 4.90 Å². The second-order valence-electron chi connectivity index (χ2n) is 3.96. The normalized spacial score (nSPS) is 16.2. The minimum atomic E-state index is -3.90. The topological polar surface area (TPSA) is 75.7 Å². The van der Waals surface area contributed by atoms with Gasteiger partial charge in [-0.15, -0.1) is 0 Å². The highest BCUT2D eigenvalue weighted by Crippen LogP contribution is 2.24. The number of carbonyl (C=O) groups excluding carboxylic acids is 1. The SMILES string of the molecule is O=C(Nc1ccccc1S(=O)(=O)Cl)N1CCOCC1. The van der Waals surface area contributed by atoms with E-state index in [1.807, 2.05) is 0 Å². The predicted octanol–water partition coefficient (Wildman–Crippen LogP) is 1.48. The van der Waals surface area contributed by atoms with E-state index in [1.165, 1.54) is 12.1 Å². The number of urea groups is 1.